The smallest absolute Gasteiger partial charge is 0.411 e. The number of pyridine rings is 1. The van der Waals surface area contributed by atoms with Gasteiger partial charge in [-0.05, 0) is 32.9 Å². The molecule has 0 radical (unpaired) electrons. The third kappa shape index (κ3) is 4.16. The molecule has 0 unspecified atom stereocenters. The van der Waals surface area contributed by atoms with Crippen LogP contribution in [0.25, 0.3) is 0 Å². The van der Waals surface area contributed by atoms with Gasteiger partial charge in [-0.1, -0.05) is 0 Å². The van der Waals surface area contributed by atoms with Crippen LogP contribution in [0.5, 0.6) is 0 Å². The molecule has 0 aromatic carbocycles. The van der Waals surface area contributed by atoms with Crippen molar-refractivity contribution in [3.8, 4) is 0 Å². The Morgan fingerprint density at radius 3 is 2.75 bits per heavy atom. The van der Waals surface area contributed by atoms with Crippen molar-refractivity contribution < 1.29 is 13.9 Å². The number of ether oxygens (including phenoxy) is 1. The van der Waals surface area contributed by atoms with Gasteiger partial charge in [0.1, 0.15) is 11.4 Å². The first-order chi connectivity index (χ1) is 9.33. The van der Waals surface area contributed by atoms with Gasteiger partial charge in [0.25, 0.3) is 0 Å². The zero-order chi connectivity index (χ0) is 14.8. The van der Waals surface area contributed by atoms with Gasteiger partial charge in [-0.3, -0.25) is 14.8 Å². The summed E-state index contributed by atoms with van der Waals surface area (Å²) in [5.41, 5.74) is 0.306. The number of carbonyl (C=O) groups is 1. The van der Waals surface area contributed by atoms with E-state index in [0.29, 0.717) is 19.8 Å². The minimum absolute atomic E-state index is 0.299. The van der Waals surface area contributed by atoms with Gasteiger partial charge in [-0.2, -0.15) is 0 Å². The molecule has 1 saturated heterocycles. The second-order valence-corrected chi connectivity index (χ2v) is 5.91. The molecule has 0 saturated carbocycles. The van der Waals surface area contributed by atoms with Crippen molar-refractivity contribution in [2.24, 2.45) is 0 Å². The number of amides is 1. The lowest BCUT2D eigenvalue weighted by atomic mass is 10.2. The van der Waals surface area contributed by atoms with Crippen molar-refractivity contribution in [2.75, 3.05) is 19.8 Å². The van der Waals surface area contributed by atoms with Crippen LogP contribution in [0.15, 0.2) is 18.3 Å². The molecule has 1 amide bonds. The quantitative estimate of drug-likeness (QED) is 0.834. The molecular weight excluding hydrogens is 261 g/mol. The maximum absolute atomic E-state index is 12.8. The first-order valence-electron chi connectivity index (χ1n) is 6.64. The number of nitrogens with zero attached hydrogens (tertiary/aromatic N) is 3. The van der Waals surface area contributed by atoms with Gasteiger partial charge >= 0.3 is 6.09 Å². The van der Waals surface area contributed by atoms with E-state index in [1.165, 1.54) is 12.3 Å². The van der Waals surface area contributed by atoms with E-state index in [1.54, 1.807) is 11.0 Å². The molecular formula is C14H20FN3O2. The Kier molecular flexibility index (Phi) is 4.23. The lowest BCUT2D eigenvalue weighted by Gasteiger charge is -2.24. The molecule has 0 bridgehead atoms. The molecule has 1 aromatic rings. The van der Waals surface area contributed by atoms with E-state index in [2.05, 4.69) is 9.88 Å². The predicted molar refractivity (Wildman–Crippen MR) is 72.4 cm³/mol. The van der Waals surface area contributed by atoms with E-state index in [4.69, 9.17) is 4.74 Å². The Labute approximate surface area is 118 Å². The second-order valence-electron chi connectivity index (χ2n) is 5.91. The number of carbonyl (C=O) groups excluding carboxylic acids is 1. The number of rotatable bonds is 2. The topological polar surface area (TPSA) is 45.7 Å². The van der Waals surface area contributed by atoms with E-state index in [1.807, 2.05) is 20.8 Å². The molecule has 20 heavy (non-hydrogen) atoms. The SMILES string of the molecule is CC(C)(C)OC(=O)N1CCN(Cc2ccc(F)cn2)C1. The highest BCUT2D eigenvalue weighted by Crippen LogP contribution is 2.14. The standard InChI is InChI=1S/C14H20FN3O2/c1-14(2,3)20-13(19)18-7-6-17(10-18)9-12-5-4-11(15)8-16-12/h4-5,8H,6-7,9-10H2,1-3H3. The van der Waals surface area contributed by atoms with Crippen LogP contribution in [0.1, 0.15) is 26.5 Å². The molecule has 1 aliphatic heterocycles. The molecule has 2 rings (SSSR count). The highest BCUT2D eigenvalue weighted by Gasteiger charge is 2.28. The number of halogens is 1. The van der Waals surface area contributed by atoms with Crippen LogP contribution in [0.4, 0.5) is 9.18 Å². The summed E-state index contributed by atoms with van der Waals surface area (Å²) in [6.07, 6.45) is 0.906. The summed E-state index contributed by atoms with van der Waals surface area (Å²) in [6, 6.07) is 3.05. The van der Waals surface area contributed by atoms with E-state index in [-0.39, 0.29) is 11.9 Å². The highest BCUT2D eigenvalue weighted by atomic mass is 19.1. The molecule has 0 spiro atoms. The minimum Gasteiger partial charge on any atom is -0.444 e. The fourth-order valence-electron chi connectivity index (χ4n) is 1.98. The normalized spacial score (nSPS) is 16.5. The summed E-state index contributed by atoms with van der Waals surface area (Å²) in [5.74, 6) is -0.342. The first kappa shape index (κ1) is 14.7. The van der Waals surface area contributed by atoms with E-state index in [0.717, 1.165) is 12.2 Å². The minimum atomic E-state index is -0.483. The fraction of sp³-hybridized carbons (Fsp3) is 0.571. The van der Waals surface area contributed by atoms with Crippen LogP contribution in [0.2, 0.25) is 0 Å². The summed E-state index contributed by atoms with van der Waals surface area (Å²) in [4.78, 5) is 19.7. The molecule has 0 aliphatic carbocycles. The Balaban J connectivity index is 1.86. The van der Waals surface area contributed by atoms with Crippen LogP contribution >= 0.6 is 0 Å². The fourth-order valence-corrected chi connectivity index (χ4v) is 1.98. The molecule has 6 heteroatoms. The maximum Gasteiger partial charge on any atom is 0.411 e. The van der Waals surface area contributed by atoms with Crippen molar-refractivity contribution in [2.45, 2.75) is 32.9 Å². The monoisotopic (exact) mass is 281 g/mol. The summed E-state index contributed by atoms with van der Waals surface area (Å²) in [7, 11) is 0. The molecule has 1 fully saturated rings. The van der Waals surface area contributed by atoms with Gasteiger partial charge < -0.3 is 4.74 Å². The number of hydrogen-bond acceptors (Lipinski definition) is 4. The Morgan fingerprint density at radius 1 is 1.40 bits per heavy atom. The van der Waals surface area contributed by atoms with Crippen molar-refractivity contribution in [3.05, 3.63) is 29.8 Å². The van der Waals surface area contributed by atoms with Crippen molar-refractivity contribution in [3.63, 3.8) is 0 Å². The summed E-state index contributed by atoms with van der Waals surface area (Å²) < 4.78 is 18.1. The number of aromatic nitrogens is 1. The van der Waals surface area contributed by atoms with Gasteiger partial charge in [0.2, 0.25) is 0 Å². The zero-order valence-corrected chi connectivity index (χ0v) is 12.1. The van der Waals surface area contributed by atoms with Crippen molar-refractivity contribution in [1.82, 2.24) is 14.8 Å². The van der Waals surface area contributed by atoms with Gasteiger partial charge in [0.15, 0.2) is 0 Å². The Hall–Kier alpha value is -1.69. The number of hydrogen-bond donors (Lipinski definition) is 0. The first-order valence-corrected chi connectivity index (χ1v) is 6.64. The molecule has 0 N–H and O–H groups in total. The molecule has 5 nitrogen and oxygen atoms in total. The van der Waals surface area contributed by atoms with E-state index < -0.39 is 5.60 Å². The largest absolute Gasteiger partial charge is 0.444 e. The van der Waals surface area contributed by atoms with E-state index >= 15 is 0 Å². The summed E-state index contributed by atoms with van der Waals surface area (Å²) in [6.45, 7) is 8.05. The molecule has 1 aliphatic rings. The van der Waals surface area contributed by atoms with Gasteiger partial charge in [-0.15, -0.1) is 0 Å². The van der Waals surface area contributed by atoms with Crippen molar-refractivity contribution in [1.29, 1.82) is 0 Å². The van der Waals surface area contributed by atoms with Gasteiger partial charge in [0, 0.05) is 19.6 Å². The third-order valence-electron chi connectivity index (χ3n) is 2.88. The lowest BCUT2D eigenvalue weighted by molar-refractivity contribution is 0.0263. The summed E-state index contributed by atoms with van der Waals surface area (Å²) >= 11 is 0. The molecule has 2 heterocycles. The maximum atomic E-state index is 12.8. The van der Waals surface area contributed by atoms with Crippen LogP contribution in [0, 0.1) is 5.82 Å². The zero-order valence-electron chi connectivity index (χ0n) is 12.1. The van der Waals surface area contributed by atoms with E-state index in [9.17, 15) is 9.18 Å². The molecule has 110 valence electrons. The molecule has 0 atom stereocenters. The van der Waals surface area contributed by atoms with Crippen LogP contribution in [-0.4, -0.2) is 46.2 Å². The van der Waals surface area contributed by atoms with Crippen LogP contribution in [0.3, 0.4) is 0 Å². The second kappa shape index (κ2) is 5.75. The average Bonchev–Trinajstić information content (AvgIpc) is 2.79. The van der Waals surface area contributed by atoms with Crippen LogP contribution in [-0.2, 0) is 11.3 Å². The van der Waals surface area contributed by atoms with Crippen molar-refractivity contribution >= 4 is 6.09 Å². The third-order valence-corrected chi connectivity index (χ3v) is 2.88. The molecule has 1 aromatic heterocycles. The van der Waals surface area contributed by atoms with Gasteiger partial charge in [0.05, 0.1) is 18.6 Å². The Morgan fingerprint density at radius 2 is 2.15 bits per heavy atom. The van der Waals surface area contributed by atoms with Crippen LogP contribution < -0.4 is 0 Å². The average molecular weight is 281 g/mol. The lowest BCUT2D eigenvalue weighted by Crippen LogP contribution is -2.36. The van der Waals surface area contributed by atoms with Gasteiger partial charge in [-0.25, -0.2) is 9.18 Å². The highest BCUT2D eigenvalue weighted by molar-refractivity contribution is 5.68. The Bertz CT molecular complexity index is 470. The summed E-state index contributed by atoms with van der Waals surface area (Å²) in [5, 5.41) is 0. The predicted octanol–water partition coefficient (Wildman–Crippen LogP) is 2.23.